The minimum atomic E-state index is -1.01. The van der Waals surface area contributed by atoms with E-state index in [2.05, 4.69) is 0 Å². The van der Waals surface area contributed by atoms with E-state index in [0.29, 0.717) is 45.3 Å². The van der Waals surface area contributed by atoms with Crippen molar-refractivity contribution in [3.8, 4) is 34.5 Å². The molecule has 0 saturated carbocycles. The van der Waals surface area contributed by atoms with Crippen LogP contribution in [0.25, 0.3) is 0 Å². The predicted octanol–water partition coefficient (Wildman–Crippen LogP) is 4.88. The van der Waals surface area contributed by atoms with Crippen molar-refractivity contribution >= 4 is 5.97 Å². The Labute approximate surface area is 262 Å². The van der Waals surface area contributed by atoms with Crippen molar-refractivity contribution in [2.24, 2.45) is 0 Å². The molecule has 4 aromatic rings. The van der Waals surface area contributed by atoms with E-state index in [9.17, 15) is 15.0 Å². The number of hydrogen-bond donors (Lipinski definition) is 4. The van der Waals surface area contributed by atoms with Gasteiger partial charge in [0.25, 0.3) is 0 Å². The lowest BCUT2D eigenvalue weighted by atomic mass is 9.99. The van der Waals surface area contributed by atoms with Gasteiger partial charge in [0.15, 0.2) is 23.0 Å². The first kappa shape index (κ1) is 36.2. The molecule has 0 saturated heterocycles. The zero-order chi connectivity index (χ0) is 33.4. The number of carboxylic acid groups (broad SMARTS) is 1. The minimum Gasteiger partial charge on any atom is -0.496 e. The van der Waals surface area contributed by atoms with Gasteiger partial charge in [-0.05, 0) is 53.6 Å². The second kappa shape index (κ2) is 18.6. The number of benzene rings is 4. The molecule has 0 aliphatic carbocycles. The summed E-state index contributed by atoms with van der Waals surface area (Å²) in [6, 6.07) is 22.3. The van der Waals surface area contributed by atoms with E-state index in [-0.39, 0.29) is 18.8 Å². The number of aliphatic hydroxyl groups is 3. The van der Waals surface area contributed by atoms with Gasteiger partial charge >= 0.3 is 5.97 Å². The van der Waals surface area contributed by atoms with Gasteiger partial charge in [-0.25, -0.2) is 4.79 Å². The fraction of sp³-hybridized carbons (Fsp3) is 0.265. The highest BCUT2D eigenvalue weighted by Crippen LogP contribution is 2.33. The van der Waals surface area contributed by atoms with E-state index >= 15 is 0 Å². The van der Waals surface area contributed by atoms with Crippen molar-refractivity contribution in [1.82, 2.24) is 0 Å². The Bertz CT molecular complexity index is 1430. The number of methoxy groups -OCH3 is 6. The van der Waals surface area contributed by atoms with E-state index < -0.39 is 12.1 Å². The van der Waals surface area contributed by atoms with Gasteiger partial charge in [0.1, 0.15) is 17.6 Å². The van der Waals surface area contributed by atoms with Gasteiger partial charge in [-0.15, -0.1) is 0 Å². The topological polar surface area (TPSA) is 153 Å². The van der Waals surface area contributed by atoms with Crippen LogP contribution in [-0.2, 0) is 13.2 Å². The second-order valence-electron chi connectivity index (χ2n) is 9.09. The molecular formula is C34H40O11. The molecule has 1 atom stereocenters. The lowest BCUT2D eigenvalue weighted by molar-refractivity contribution is 0.0696. The maximum Gasteiger partial charge on any atom is 0.335 e. The summed E-state index contributed by atoms with van der Waals surface area (Å²) < 4.78 is 30.6. The van der Waals surface area contributed by atoms with Gasteiger partial charge in [-0.2, -0.15) is 0 Å². The number of carboxylic acids is 1. The fourth-order valence-electron chi connectivity index (χ4n) is 4.07. The number of carbonyl (C=O) groups is 1. The zero-order valence-corrected chi connectivity index (χ0v) is 26.1. The van der Waals surface area contributed by atoms with Crippen molar-refractivity contribution < 1.29 is 53.6 Å². The molecule has 1 unspecified atom stereocenters. The zero-order valence-electron chi connectivity index (χ0n) is 26.1. The van der Waals surface area contributed by atoms with Gasteiger partial charge in [0, 0.05) is 11.1 Å². The average molecular weight is 625 g/mol. The Balaban J connectivity index is 0.000000259. The molecule has 0 aromatic heterocycles. The molecule has 45 heavy (non-hydrogen) atoms. The molecule has 0 aliphatic heterocycles. The largest absolute Gasteiger partial charge is 0.496 e. The van der Waals surface area contributed by atoms with E-state index in [0.717, 1.165) is 11.5 Å². The first-order chi connectivity index (χ1) is 21.7. The summed E-state index contributed by atoms with van der Waals surface area (Å²) in [5.41, 5.74) is 2.74. The van der Waals surface area contributed by atoms with E-state index in [4.69, 9.17) is 38.6 Å². The Morgan fingerprint density at radius 1 is 0.556 bits per heavy atom. The molecule has 0 bridgehead atoms. The standard InChI is InChI=1S/C17H20O5.C9H10O4.C8H10O2/c1-20-14-7-6-12(9-16(14)22-3)17(19)11-4-5-13(10-18)15(8-11)21-2;1-13-8-4-6(9(11)12)2-3-7(8)5-10;1-9-7-5-3-4-6-8(7)10-2/h4-9,17-19H,10H2,1-3H3;2-4,10H,5H2,1H3,(H,11,12);3-6H,1-2H3. The molecule has 0 amide bonds. The summed E-state index contributed by atoms with van der Waals surface area (Å²) in [5.74, 6) is 2.62. The minimum absolute atomic E-state index is 0.115. The number of aliphatic hydroxyl groups excluding tert-OH is 3. The van der Waals surface area contributed by atoms with Crippen LogP contribution < -0.4 is 28.4 Å². The van der Waals surface area contributed by atoms with Gasteiger partial charge < -0.3 is 48.8 Å². The van der Waals surface area contributed by atoms with Crippen molar-refractivity contribution in [3.63, 3.8) is 0 Å². The number of aromatic carboxylic acids is 1. The number of rotatable bonds is 11. The third kappa shape index (κ3) is 10.0. The average Bonchev–Trinajstić information content (AvgIpc) is 3.10. The van der Waals surface area contributed by atoms with Crippen LogP contribution in [0.5, 0.6) is 34.5 Å². The lowest BCUT2D eigenvalue weighted by Gasteiger charge is -2.16. The van der Waals surface area contributed by atoms with Crippen molar-refractivity contribution in [2.45, 2.75) is 19.3 Å². The molecule has 0 heterocycles. The van der Waals surface area contributed by atoms with Crippen molar-refractivity contribution in [3.05, 3.63) is 107 Å². The molecule has 0 fully saturated rings. The number of hydrogen-bond acceptors (Lipinski definition) is 10. The summed E-state index contributed by atoms with van der Waals surface area (Å²) in [6.07, 6.45) is -0.832. The molecule has 0 spiro atoms. The summed E-state index contributed by atoms with van der Waals surface area (Å²) in [7, 11) is 9.32. The van der Waals surface area contributed by atoms with Crippen molar-refractivity contribution in [1.29, 1.82) is 0 Å². The molecule has 11 heteroatoms. The fourth-order valence-corrected chi connectivity index (χ4v) is 4.07. The molecule has 0 aliphatic rings. The summed E-state index contributed by atoms with van der Waals surface area (Å²) in [6.45, 7) is -0.279. The number of ether oxygens (including phenoxy) is 6. The van der Waals surface area contributed by atoms with E-state index in [1.54, 1.807) is 64.8 Å². The lowest BCUT2D eigenvalue weighted by Crippen LogP contribution is -2.02. The molecule has 0 radical (unpaired) electrons. The van der Waals surface area contributed by atoms with Gasteiger partial charge in [-0.3, -0.25) is 0 Å². The van der Waals surface area contributed by atoms with Crippen LogP contribution in [0.1, 0.15) is 38.7 Å². The van der Waals surface area contributed by atoms with Crippen LogP contribution >= 0.6 is 0 Å². The quantitative estimate of drug-likeness (QED) is 0.181. The third-order valence-electron chi connectivity index (χ3n) is 6.51. The summed E-state index contributed by atoms with van der Waals surface area (Å²) >= 11 is 0. The van der Waals surface area contributed by atoms with Crippen LogP contribution in [0, 0.1) is 0 Å². The molecule has 242 valence electrons. The molecule has 4 rings (SSSR count). The smallest absolute Gasteiger partial charge is 0.335 e. The van der Waals surface area contributed by atoms with E-state index in [1.165, 1.54) is 32.4 Å². The maximum absolute atomic E-state index is 10.6. The van der Waals surface area contributed by atoms with Gasteiger partial charge in [0.2, 0.25) is 0 Å². The monoisotopic (exact) mass is 624 g/mol. The van der Waals surface area contributed by atoms with Crippen molar-refractivity contribution in [2.75, 3.05) is 42.7 Å². The Morgan fingerprint density at radius 2 is 0.956 bits per heavy atom. The highest BCUT2D eigenvalue weighted by atomic mass is 16.5. The van der Waals surface area contributed by atoms with Crippen LogP contribution in [0.4, 0.5) is 0 Å². The Morgan fingerprint density at radius 3 is 1.40 bits per heavy atom. The molecular weight excluding hydrogens is 584 g/mol. The van der Waals surface area contributed by atoms with Crippen LogP contribution in [0.2, 0.25) is 0 Å². The maximum atomic E-state index is 10.6. The first-order valence-electron chi connectivity index (χ1n) is 13.6. The van der Waals surface area contributed by atoms with Gasteiger partial charge in [0.05, 0.1) is 61.4 Å². The highest BCUT2D eigenvalue weighted by molar-refractivity contribution is 5.88. The Kier molecular flexibility index (Phi) is 15.0. The van der Waals surface area contributed by atoms with E-state index in [1.807, 2.05) is 24.3 Å². The molecule has 4 aromatic carbocycles. The second-order valence-corrected chi connectivity index (χ2v) is 9.09. The predicted molar refractivity (Wildman–Crippen MR) is 168 cm³/mol. The SMILES string of the molecule is COc1cc(C(=O)O)ccc1CO.COc1cc(C(O)c2ccc(OC)c(OC)c2)ccc1CO.COc1ccccc1OC. The molecule has 11 nitrogen and oxygen atoms in total. The summed E-state index contributed by atoms with van der Waals surface area (Å²) in [4.78, 5) is 10.6. The van der Waals surface area contributed by atoms with Crippen LogP contribution in [-0.4, -0.2) is 69.1 Å². The Hall–Kier alpha value is -4.97. The summed E-state index contributed by atoms with van der Waals surface area (Å²) in [5, 5.41) is 37.3. The van der Waals surface area contributed by atoms with Crippen LogP contribution in [0.15, 0.2) is 78.9 Å². The molecule has 4 N–H and O–H groups in total. The van der Waals surface area contributed by atoms with Crippen LogP contribution in [0.3, 0.4) is 0 Å². The third-order valence-corrected chi connectivity index (χ3v) is 6.51. The first-order valence-corrected chi connectivity index (χ1v) is 13.6. The number of para-hydroxylation sites is 2. The van der Waals surface area contributed by atoms with Gasteiger partial charge in [-0.1, -0.05) is 36.4 Å². The normalized spacial score (nSPS) is 10.6. The highest BCUT2D eigenvalue weighted by Gasteiger charge is 2.16.